The Balaban J connectivity index is 2.40. The summed E-state index contributed by atoms with van der Waals surface area (Å²) in [5.74, 6) is 0. The average Bonchev–Trinajstić information content (AvgIpc) is 2.28. The summed E-state index contributed by atoms with van der Waals surface area (Å²) in [5, 5.41) is 0.613. The molecule has 0 aromatic heterocycles. The first-order chi connectivity index (χ1) is 8.79. The van der Waals surface area contributed by atoms with Crippen LogP contribution in [0, 0.1) is 0 Å². The van der Waals surface area contributed by atoms with E-state index >= 15 is 0 Å². The van der Waals surface area contributed by atoms with Gasteiger partial charge in [-0.2, -0.15) is 0 Å². The van der Waals surface area contributed by atoms with Crippen LogP contribution < -0.4 is 5.73 Å². The molecule has 1 aromatic carbocycles. The Morgan fingerprint density at radius 3 is 2.53 bits per heavy atom. The van der Waals surface area contributed by atoms with Crippen LogP contribution in [0.25, 0.3) is 0 Å². The van der Waals surface area contributed by atoms with Crippen LogP contribution in [0.5, 0.6) is 0 Å². The minimum atomic E-state index is -0.139. The number of benzene rings is 1. The van der Waals surface area contributed by atoms with Crippen molar-refractivity contribution in [2.24, 2.45) is 5.73 Å². The predicted octanol–water partition coefficient (Wildman–Crippen LogP) is 3.31. The first-order valence-corrected chi connectivity index (χ1v) is 6.88. The average molecular weight is 302 g/mol. The molecule has 0 saturated carbocycles. The molecule has 0 fully saturated rings. The van der Waals surface area contributed by atoms with Crippen molar-refractivity contribution in [2.75, 3.05) is 13.2 Å². The standard InChI is InChI=1S/C14H20ClNO2S/c1-14(2,3)18-7-6-17-9-11-5-4-10(13(16)19)8-12(11)15/h4-5,8H,6-7,9H2,1-3H3,(H2,16,19). The monoisotopic (exact) mass is 301 g/mol. The lowest BCUT2D eigenvalue weighted by atomic mass is 10.1. The Morgan fingerprint density at radius 2 is 2.00 bits per heavy atom. The number of ether oxygens (including phenoxy) is 2. The fraction of sp³-hybridized carbons (Fsp3) is 0.500. The van der Waals surface area contributed by atoms with E-state index in [0.717, 1.165) is 11.1 Å². The van der Waals surface area contributed by atoms with Crippen LogP contribution in [-0.4, -0.2) is 23.8 Å². The summed E-state index contributed by atoms with van der Waals surface area (Å²) in [5.41, 5.74) is 7.08. The van der Waals surface area contributed by atoms with Gasteiger partial charge in [0.15, 0.2) is 0 Å². The van der Waals surface area contributed by atoms with Gasteiger partial charge in [-0.1, -0.05) is 36.0 Å². The lowest BCUT2D eigenvalue weighted by molar-refractivity contribution is -0.0376. The second kappa shape index (κ2) is 7.20. The predicted molar refractivity (Wildman–Crippen MR) is 82.7 cm³/mol. The fourth-order valence-electron chi connectivity index (χ4n) is 1.41. The second-order valence-electron chi connectivity index (χ2n) is 5.18. The molecule has 1 rings (SSSR count). The summed E-state index contributed by atoms with van der Waals surface area (Å²) in [6.45, 7) is 7.58. The molecule has 0 unspecified atom stereocenters. The molecule has 0 aliphatic rings. The summed E-state index contributed by atoms with van der Waals surface area (Å²) in [7, 11) is 0. The van der Waals surface area contributed by atoms with Gasteiger partial charge in [-0.25, -0.2) is 0 Å². The van der Waals surface area contributed by atoms with Gasteiger partial charge in [0.05, 0.1) is 25.4 Å². The number of rotatable bonds is 6. The molecule has 0 bridgehead atoms. The maximum atomic E-state index is 6.13. The Bertz CT molecular complexity index is 444. The molecular weight excluding hydrogens is 282 g/mol. The molecular formula is C14H20ClNO2S. The normalized spacial score (nSPS) is 11.6. The molecule has 3 nitrogen and oxygen atoms in total. The quantitative estimate of drug-likeness (QED) is 0.647. The third-order valence-corrected chi connectivity index (χ3v) is 2.95. The second-order valence-corrected chi connectivity index (χ2v) is 6.03. The van der Waals surface area contributed by atoms with Gasteiger partial charge in [0, 0.05) is 10.6 Å². The topological polar surface area (TPSA) is 44.5 Å². The third kappa shape index (κ3) is 6.34. The van der Waals surface area contributed by atoms with Crippen molar-refractivity contribution in [3.63, 3.8) is 0 Å². The summed E-state index contributed by atoms with van der Waals surface area (Å²) >= 11 is 11.0. The summed E-state index contributed by atoms with van der Waals surface area (Å²) in [6.07, 6.45) is 0. The summed E-state index contributed by atoms with van der Waals surface area (Å²) < 4.78 is 11.1. The van der Waals surface area contributed by atoms with Gasteiger partial charge in [0.25, 0.3) is 0 Å². The van der Waals surface area contributed by atoms with Crippen LogP contribution >= 0.6 is 23.8 Å². The van der Waals surface area contributed by atoms with Crippen LogP contribution in [0.4, 0.5) is 0 Å². The SMILES string of the molecule is CC(C)(C)OCCOCc1ccc(C(N)=S)cc1Cl. The zero-order chi connectivity index (χ0) is 14.5. The molecule has 2 N–H and O–H groups in total. The molecule has 0 saturated heterocycles. The van der Waals surface area contributed by atoms with Crippen LogP contribution in [-0.2, 0) is 16.1 Å². The highest BCUT2D eigenvalue weighted by atomic mass is 35.5. The van der Waals surface area contributed by atoms with Gasteiger partial charge in [0.2, 0.25) is 0 Å². The van der Waals surface area contributed by atoms with Gasteiger partial charge in [-0.3, -0.25) is 0 Å². The molecule has 0 aliphatic heterocycles. The lowest BCUT2D eigenvalue weighted by Crippen LogP contribution is -2.21. The van der Waals surface area contributed by atoms with Crippen molar-refractivity contribution in [1.82, 2.24) is 0 Å². The van der Waals surface area contributed by atoms with Crippen molar-refractivity contribution in [3.8, 4) is 0 Å². The number of nitrogens with two attached hydrogens (primary N) is 1. The van der Waals surface area contributed by atoms with E-state index in [4.69, 9.17) is 39.0 Å². The van der Waals surface area contributed by atoms with E-state index < -0.39 is 0 Å². The lowest BCUT2D eigenvalue weighted by Gasteiger charge is -2.19. The van der Waals surface area contributed by atoms with Crippen LogP contribution in [0.15, 0.2) is 18.2 Å². The number of halogens is 1. The van der Waals surface area contributed by atoms with Crippen molar-refractivity contribution < 1.29 is 9.47 Å². The molecule has 106 valence electrons. The third-order valence-electron chi connectivity index (χ3n) is 2.36. The van der Waals surface area contributed by atoms with Crippen LogP contribution in [0.3, 0.4) is 0 Å². The number of hydrogen-bond acceptors (Lipinski definition) is 3. The zero-order valence-corrected chi connectivity index (χ0v) is 13.1. The molecule has 0 radical (unpaired) electrons. The van der Waals surface area contributed by atoms with Gasteiger partial charge in [-0.15, -0.1) is 0 Å². The molecule has 0 atom stereocenters. The fourth-order valence-corrected chi connectivity index (χ4v) is 1.77. The smallest absolute Gasteiger partial charge is 0.104 e. The van der Waals surface area contributed by atoms with E-state index in [1.807, 2.05) is 32.9 Å². The van der Waals surface area contributed by atoms with Crippen LogP contribution in [0.1, 0.15) is 31.9 Å². The molecule has 0 aliphatic carbocycles. The molecule has 0 spiro atoms. The summed E-state index contributed by atoms with van der Waals surface area (Å²) in [6, 6.07) is 5.48. The first-order valence-electron chi connectivity index (χ1n) is 6.09. The van der Waals surface area contributed by atoms with Gasteiger partial charge in [-0.05, 0) is 32.4 Å². The van der Waals surface area contributed by atoms with Crippen molar-refractivity contribution >= 4 is 28.8 Å². The zero-order valence-electron chi connectivity index (χ0n) is 11.5. The maximum absolute atomic E-state index is 6.13. The Morgan fingerprint density at radius 1 is 1.32 bits per heavy atom. The van der Waals surface area contributed by atoms with E-state index in [1.54, 1.807) is 6.07 Å². The molecule has 19 heavy (non-hydrogen) atoms. The molecule has 0 amide bonds. The molecule has 0 heterocycles. The van der Waals surface area contributed by atoms with Gasteiger partial charge < -0.3 is 15.2 Å². The number of thiocarbonyl (C=S) groups is 1. The minimum Gasteiger partial charge on any atom is -0.389 e. The largest absolute Gasteiger partial charge is 0.389 e. The van der Waals surface area contributed by atoms with E-state index in [2.05, 4.69) is 0 Å². The number of hydrogen-bond donors (Lipinski definition) is 1. The highest BCUT2D eigenvalue weighted by Gasteiger charge is 2.09. The minimum absolute atomic E-state index is 0.139. The Hall–Kier alpha value is -0.680. The van der Waals surface area contributed by atoms with E-state index in [-0.39, 0.29) is 5.60 Å². The first kappa shape index (κ1) is 16.4. The molecule has 5 heteroatoms. The van der Waals surface area contributed by atoms with Crippen LogP contribution in [0.2, 0.25) is 5.02 Å². The van der Waals surface area contributed by atoms with E-state index in [0.29, 0.717) is 29.8 Å². The Kier molecular flexibility index (Phi) is 6.20. The Labute approximate surface area is 125 Å². The van der Waals surface area contributed by atoms with Gasteiger partial charge in [0.1, 0.15) is 4.99 Å². The van der Waals surface area contributed by atoms with Gasteiger partial charge >= 0.3 is 0 Å². The summed E-state index contributed by atoms with van der Waals surface area (Å²) in [4.78, 5) is 0.341. The maximum Gasteiger partial charge on any atom is 0.104 e. The van der Waals surface area contributed by atoms with Crippen molar-refractivity contribution in [3.05, 3.63) is 34.3 Å². The highest BCUT2D eigenvalue weighted by Crippen LogP contribution is 2.19. The van der Waals surface area contributed by atoms with Crippen molar-refractivity contribution in [2.45, 2.75) is 33.0 Å². The van der Waals surface area contributed by atoms with Crippen molar-refractivity contribution in [1.29, 1.82) is 0 Å². The highest BCUT2D eigenvalue weighted by molar-refractivity contribution is 7.80. The molecule has 1 aromatic rings. The van der Waals surface area contributed by atoms with E-state index in [9.17, 15) is 0 Å². The van der Waals surface area contributed by atoms with E-state index in [1.165, 1.54) is 0 Å².